The van der Waals surface area contributed by atoms with Gasteiger partial charge in [0.2, 0.25) is 0 Å². The summed E-state index contributed by atoms with van der Waals surface area (Å²) in [6.45, 7) is 5.94. The van der Waals surface area contributed by atoms with E-state index in [1.807, 2.05) is 13.8 Å². The van der Waals surface area contributed by atoms with Crippen molar-refractivity contribution in [2.45, 2.75) is 84.1 Å². The van der Waals surface area contributed by atoms with Crippen molar-refractivity contribution >= 4 is 11.8 Å². The highest BCUT2D eigenvalue weighted by atomic mass is 16.4. The van der Waals surface area contributed by atoms with Crippen LogP contribution in [0.15, 0.2) is 0 Å². The molecule has 0 radical (unpaired) electrons. The number of carbonyl (C=O) groups is 2. The molecule has 4 nitrogen and oxygen atoms in total. The molecule has 118 valence electrons. The van der Waals surface area contributed by atoms with Gasteiger partial charge in [0.05, 0.1) is 0 Å². The Hall–Kier alpha value is -0.900. The number of hydrogen-bond donors (Lipinski definition) is 2. The van der Waals surface area contributed by atoms with Gasteiger partial charge >= 0.3 is 5.97 Å². The minimum Gasteiger partial charge on any atom is -0.480 e. The highest BCUT2D eigenvalue weighted by Crippen LogP contribution is 2.19. The maximum Gasteiger partial charge on any atom is 0.331 e. The van der Waals surface area contributed by atoms with Gasteiger partial charge in [-0.3, -0.25) is 4.79 Å². The predicted molar refractivity (Wildman–Crippen MR) is 81.6 cm³/mol. The van der Waals surface area contributed by atoms with Crippen LogP contribution in [-0.4, -0.2) is 22.4 Å². The Balaban J connectivity index is 4.06. The minimum atomic E-state index is -1.70. The van der Waals surface area contributed by atoms with E-state index in [2.05, 4.69) is 6.92 Å². The first-order valence-corrected chi connectivity index (χ1v) is 7.90. The zero-order valence-corrected chi connectivity index (χ0v) is 13.3. The number of aliphatic carboxylic acids is 1. The molecule has 0 saturated carbocycles. The molecule has 4 heteroatoms. The lowest BCUT2D eigenvalue weighted by atomic mass is 9.84. The molecule has 0 aromatic heterocycles. The van der Waals surface area contributed by atoms with Crippen molar-refractivity contribution in [3.05, 3.63) is 0 Å². The van der Waals surface area contributed by atoms with Crippen LogP contribution < -0.4 is 5.73 Å². The molecule has 0 aliphatic heterocycles. The molecular formula is C16H31NO3. The Labute approximate surface area is 123 Å². The zero-order valence-electron chi connectivity index (χ0n) is 13.3. The second kappa shape index (κ2) is 9.92. The molecule has 1 atom stereocenters. The second-order valence-corrected chi connectivity index (χ2v) is 6.17. The smallest absolute Gasteiger partial charge is 0.331 e. The van der Waals surface area contributed by atoms with Gasteiger partial charge in [0.25, 0.3) is 0 Å². The van der Waals surface area contributed by atoms with Gasteiger partial charge in [-0.25, -0.2) is 4.79 Å². The fourth-order valence-corrected chi connectivity index (χ4v) is 2.43. The van der Waals surface area contributed by atoms with Crippen LogP contribution in [0, 0.1) is 5.92 Å². The number of Topliss-reactive ketones (excluding diaryl/α,β-unsaturated/α-hetero) is 1. The summed E-state index contributed by atoms with van der Waals surface area (Å²) in [6, 6.07) is 0. The summed E-state index contributed by atoms with van der Waals surface area (Å²) in [5.41, 5.74) is 4.12. The number of unbranched alkanes of at least 4 members (excludes halogenated alkanes) is 6. The Morgan fingerprint density at radius 1 is 1.05 bits per heavy atom. The van der Waals surface area contributed by atoms with E-state index in [9.17, 15) is 14.7 Å². The van der Waals surface area contributed by atoms with Gasteiger partial charge in [0.1, 0.15) is 0 Å². The van der Waals surface area contributed by atoms with Gasteiger partial charge in [0, 0.05) is 6.42 Å². The summed E-state index contributed by atoms with van der Waals surface area (Å²) in [5, 5.41) is 9.21. The minimum absolute atomic E-state index is 0.0918. The van der Waals surface area contributed by atoms with Crippen molar-refractivity contribution in [2.75, 3.05) is 0 Å². The van der Waals surface area contributed by atoms with Crippen LogP contribution >= 0.6 is 0 Å². The highest BCUT2D eigenvalue weighted by Gasteiger charge is 2.41. The first-order chi connectivity index (χ1) is 9.34. The first kappa shape index (κ1) is 19.1. The van der Waals surface area contributed by atoms with Crippen LogP contribution in [0.1, 0.15) is 78.6 Å². The maximum absolute atomic E-state index is 12.1. The SMILES string of the molecule is CCCCCCCCCC(=O)[C@@](N)(CC(C)C)C(=O)O. The van der Waals surface area contributed by atoms with Crippen LogP contribution in [0.3, 0.4) is 0 Å². The number of carboxylic acid groups (broad SMARTS) is 1. The average Bonchev–Trinajstić information content (AvgIpc) is 2.36. The Morgan fingerprint density at radius 2 is 1.55 bits per heavy atom. The van der Waals surface area contributed by atoms with Crippen LogP contribution in [0.2, 0.25) is 0 Å². The molecule has 0 aliphatic carbocycles. The lowest BCUT2D eigenvalue weighted by Gasteiger charge is -2.25. The monoisotopic (exact) mass is 285 g/mol. The normalized spacial score (nSPS) is 14.2. The van der Waals surface area contributed by atoms with Crippen LogP contribution in [0.4, 0.5) is 0 Å². The molecular weight excluding hydrogens is 254 g/mol. The highest BCUT2D eigenvalue weighted by molar-refractivity contribution is 6.07. The molecule has 0 amide bonds. The molecule has 0 rings (SSSR count). The van der Waals surface area contributed by atoms with Gasteiger partial charge in [0.15, 0.2) is 11.3 Å². The summed E-state index contributed by atoms with van der Waals surface area (Å²) in [7, 11) is 0. The van der Waals surface area contributed by atoms with E-state index < -0.39 is 11.5 Å². The Morgan fingerprint density at radius 3 is 2.00 bits per heavy atom. The van der Waals surface area contributed by atoms with Gasteiger partial charge in [-0.15, -0.1) is 0 Å². The lowest BCUT2D eigenvalue weighted by Crippen LogP contribution is -2.55. The number of hydrogen-bond acceptors (Lipinski definition) is 3. The van der Waals surface area contributed by atoms with Crippen molar-refractivity contribution < 1.29 is 14.7 Å². The van der Waals surface area contributed by atoms with E-state index in [0.29, 0.717) is 0 Å². The molecule has 0 aliphatic rings. The van der Waals surface area contributed by atoms with E-state index in [-0.39, 0.29) is 24.5 Å². The molecule has 0 bridgehead atoms. The van der Waals surface area contributed by atoms with Crippen molar-refractivity contribution in [1.29, 1.82) is 0 Å². The fourth-order valence-electron chi connectivity index (χ4n) is 2.43. The molecule has 0 unspecified atom stereocenters. The molecule has 3 N–H and O–H groups in total. The molecule has 0 heterocycles. The number of carbonyl (C=O) groups excluding carboxylic acids is 1. The van der Waals surface area contributed by atoms with Crippen LogP contribution in [-0.2, 0) is 9.59 Å². The first-order valence-electron chi connectivity index (χ1n) is 7.90. The summed E-state index contributed by atoms with van der Waals surface area (Å²) >= 11 is 0. The quantitative estimate of drug-likeness (QED) is 0.424. The van der Waals surface area contributed by atoms with Crippen molar-refractivity contribution in [1.82, 2.24) is 0 Å². The van der Waals surface area contributed by atoms with Crippen molar-refractivity contribution in [3.8, 4) is 0 Å². The molecule has 0 spiro atoms. The maximum atomic E-state index is 12.1. The molecule has 0 aromatic rings. The standard InChI is InChI=1S/C16H31NO3/c1-4-5-6-7-8-9-10-11-14(18)16(17,15(19)20)12-13(2)3/h13H,4-12,17H2,1-3H3,(H,19,20)/t16-/m0/s1. The topological polar surface area (TPSA) is 80.4 Å². The van der Waals surface area contributed by atoms with Crippen molar-refractivity contribution in [2.24, 2.45) is 11.7 Å². The van der Waals surface area contributed by atoms with Crippen molar-refractivity contribution in [3.63, 3.8) is 0 Å². The third-order valence-corrected chi connectivity index (χ3v) is 3.62. The Kier molecular flexibility index (Phi) is 9.47. The number of ketones is 1. The third-order valence-electron chi connectivity index (χ3n) is 3.62. The summed E-state index contributed by atoms with van der Waals surface area (Å²) < 4.78 is 0. The van der Waals surface area contributed by atoms with Gasteiger partial charge in [-0.1, -0.05) is 59.3 Å². The fraction of sp³-hybridized carbons (Fsp3) is 0.875. The Bertz CT molecular complexity index is 302. The third kappa shape index (κ3) is 7.04. The summed E-state index contributed by atoms with van der Waals surface area (Å²) in [6.07, 6.45) is 8.25. The van der Waals surface area contributed by atoms with E-state index in [1.165, 1.54) is 25.7 Å². The molecule has 0 aromatic carbocycles. The number of carboxylic acids is 1. The van der Waals surface area contributed by atoms with E-state index >= 15 is 0 Å². The van der Waals surface area contributed by atoms with Gasteiger partial charge in [-0.2, -0.15) is 0 Å². The largest absolute Gasteiger partial charge is 0.480 e. The second-order valence-electron chi connectivity index (χ2n) is 6.17. The van der Waals surface area contributed by atoms with E-state index in [1.54, 1.807) is 0 Å². The molecule has 0 saturated heterocycles. The van der Waals surface area contributed by atoms with E-state index in [0.717, 1.165) is 19.3 Å². The van der Waals surface area contributed by atoms with Gasteiger partial charge in [-0.05, 0) is 18.8 Å². The van der Waals surface area contributed by atoms with Gasteiger partial charge < -0.3 is 10.8 Å². The van der Waals surface area contributed by atoms with Crippen LogP contribution in [0.25, 0.3) is 0 Å². The lowest BCUT2D eigenvalue weighted by molar-refractivity contribution is -0.149. The van der Waals surface area contributed by atoms with E-state index in [4.69, 9.17) is 5.73 Å². The predicted octanol–water partition coefficient (Wildman–Crippen LogP) is 3.52. The van der Waals surface area contributed by atoms with Crippen LogP contribution in [0.5, 0.6) is 0 Å². The number of rotatable bonds is 12. The zero-order chi connectivity index (χ0) is 15.6. The summed E-state index contributed by atoms with van der Waals surface area (Å²) in [5.74, 6) is -1.43. The average molecular weight is 285 g/mol. The summed E-state index contributed by atoms with van der Waals surface area (Å²) in [4.78, 5) is 23.3. The molecule has 0 fully saturated rings. The number of nitrogens with two attached hydrogens (primary N) is 1. The molecule has 20 heavy (non-hydrogen) atoms.